The van der Waals surface area contributed by atoms with Crippen molar-refractivity contribution < 1.29 is 9.59 Å². The first-order valence-electron chi connectivity index (χ1n) is 9.00. The molecule has 1 saturated heterocycles. The Morgan fingerprint density at radius 3 is 2.73 bits per heavy atom. The highest BCUT2D eigenvalue weighted by molar-refractivity contribution is 5.89. The molecule has 1 atom stereocenters. The number of nitrogens with zero attached hydrogens (tertiary/aromatic N) is 3. The number of aryl methyl sites for hydroxylation is 1. The second-order valence-electron chi connectivity index (χ2n) is 7.09. The fraction of sp³-hybridized carbons (Fsp3) is 0.500. The van der Waals surface area contributed by atoms with Gasteiger partial charge >= 0.3 is 0 Å². The maximum absolute atomic E-state index is 12.4. The van der Waals surface area contributed by atoms with E-state index in [-0.39, 0.29) is 29.8 Å². The summed E-state index contributed by atoms with van der Waals surface area (Å²) in [5, 5.41) is 11.0. The van der Waals surface area contributed by atoms with Gasteiger partial charge in [-0.2, -0.15) is 10.2 Å². The monoisotopic (exact) mass is 352 g/mol. The molecule has 0 aromatic heterocycles. The molecule has 0 radical (unpaired) electrons. The average molecular weight is 352 g/mol. The Hall–Kier alpha value is -2.68. The van der Waals surface area contributed by atoms with Gasteiger partial charge in [-0.05, 0) is 12.5 Å². The third-order valence-corrected chi connectivity index (χ3v) is 4.96. The maximum Gasteiger partial charge on any atom is 0.225 e. The van der Waals surface area contributed by atoms with Crippen molar-refractivity contribution in [3.63, 3.8) is 0 Å². The van der Waals surface area contributed by atoms with Crippen LogP contribution in [0, 0.1) is 25.2 Å². The van der Waals surface area contributed by atoms with Crippen LogP contribution in [0.5, 0.6) is 0 Å². The average Bonchev–Trinajstić information content (AvgIpc) is 3.31. The van der Waals surface area contributed by atoms with E-state index < -0.39 is 0 Å². The number of hydrogen-bond acceptors (Lipinski definition) is 4. The van der Waals surface area contributed by atoms with Crippen LogP contribution < -0.4 is 5.32 Å². The molecule has 6 nitrogen and oxygen atoms in total. The fourth-order valence-electron chi connectivity index (χ4n) is 3.21. The molecular formula is C20H24N4O2. The Bertz CT molecular complexity index is 742. The molecule has 1 aromatic rings. The number of nitrogens with one attached hydrogen (secondary N) is 1. The van der Waals surface area contributed by atoms with Crippen LogP contribution in [0.1, 0.15) is 36.8 Å². The highest BCUT2D eigenvalue weighted by atomic mass is 16.2. The zero-order valence-electron chi connectivity index (χ0n) is 15.1. The zero-order chi connectivity index (χ0) is 18.6. The molecule has 1 N–H and O–H groups in total. The number of terminal acetylenes is 1. The summed E-state index contributed by atoms with van der Waals surface area (Å²) in [5.74, 6) is 2.26. The largest absolute Gasteiger partial charge is 0.356 e. The molecule has 0 saturated carbocycles. The van der Waals surface area contributed by atoms with Gasteiger partial charge in [0.15, 0.2) is 5.66 Å². The van der Waals surface area contributed by atoms with Gasteiger partial charge in [-0.1, -0.05) is 29.8 Å². The number of benzene rings is 1. The normalized spacial score (nSPS) is 20.1. The van der Waals surface area contributed by atoms with Crippen LogP contribution in [0.15, 0.2) is 34.5 Å². The molecule has 2 aliphatic rings. The number of carbonyl (C=O) groups excluding carboxylic acids is 2. The number of likely N-dealkylation sites (tertiary alicyclic amines) is 1. The first kappa shape index (κ1) is 18.1. The Balaban J connectivity index is 1.43. The highest BCUT2D eigenvalue weighted by Crippen LogP contribution is 2.36. The van der Waals surface area contributed by atoms with Crippen molar-refractivity contribution in [2.75, 3.05) is 13.1 Å². The van der Waals surface area contributed by atoms with E-state index in [1.807, 2.05) is 31.2 Å². The van der Waals surface area contributed by atoms with Crippen LogP contribution in [-0.4, -0.2) is 35.5 Å². The van der Waals surface area contributed by atoms with Gasteiger partial charge in [0.1, 0.15) is 0 Å². The quantitative estimate of drug-likeness (QED) is 0.730. The lowest BCUT2D eigenvalue weighted by molar-refractivity contribution is -0.129. The predicted molar refractivity (Wildman–Crippen MR) is 98.0 cm³/mol. The van der Waals surface area contributed by atoms with E-state index in [0.717, 1.165) is 12.0 Å². The summed E-state index contributed by atoms with van der Waals surface area (Å²) >= 11 is 0. The van der Waals surface area contributed by atoms with Crippen molar-refractivity contribution in [3.8, 4) is 12.3 Å². The lowest BCUT2D eigenvalue weighted by Crippen LogP contribution is -2.35. The molecule has 6 heteroatoms. The number of hydrogen-bond donors (Lipinski definition) is 1. The van der Waals surface area contributed by atoms with E-state index >= 15 is 0 Å². The first-order chi connectivity index (χ1) is 12.5. The SMILES string of the molecule is C#CCCC1(CCNC(=O)C2CC(=O)N(Cc3ccc(C)cc3)C2)N=N1. The van der Waals surface area contributed by atoms with E-state index in [1.54, 1.807) is 4.90 Å². The van der Waals surface area contributed by atoms with Crippen molar-refractivity contribution in [2.45, 2.75) is 44.8 Å². The van der Waals surface area contributed by atoms with Crippen LogP contribution in [0.25, 0.3) is 0 Å². The molecule has 2 heterocycles. The zero-order valence-corrected chi connectivity index (χ0v) is 15.1. The summed E-state index contributed by atoms with van der Waals surface area (Å²) in [6.45, 7) is 3.55. The van der Waals surface area contributed by atoms with E-state index in [9.17, 15) is 9.59 Å². The number of carbonyl (C=O) groups is 2. The topological polar surface area (TPSA) is 74.1 Å². The fourth-order valence-corrected chi connectivity index (χ4v) is 3.21. The third-order valence-electron chi connectivity index (χ3n) is 4.96. The van der Waals surface area contributed by atoms with Gasteiger partial charge in [-0.25, -0.2) is 0 Å². The summed E-state index contributed by atoms with van der Waals surface area (Å²) in [6.07, 6.45) is 7.56. The van der Waals surface area contributed by atoms with Crippen LogP contribution in [0.2, 0.25) is 0 Å². The molecule has 0 aliphatic carbocycles. The molecule has 136 valence electrons. The Kier molecular flexibility index (Phi) is 5.36. The van der Waals surface area contributed by atoms with Gasteiger partial charge in [-0.3, -0.25) is 9.59 Å². The van der Waals surface area contributed by atoms with E-state index in [0.29, 0.717) is 32.5 Å². The standard InChI is InChI=1S/C20H24N4O2/c1-3-4-9-20(22-23-20)10-11-21-19(26)17-12-18(25)24(14-17)13-16-7-5-15(2)6-8-16/h1,5-8,17H,4,9-14H2,2H3,(H,21,26). The second kappa shape index (κ2) is 7.69. The van der Waals surface area contributed by atoms with Crippen LogP contribution in [0.4, 0.5) is 0 Å². The Labute approximate surface area is 154 Å². The van der Waals surface area contributed by atoms with Gasteiger partial charge in [0.05, 0.1) is 5.92 Å². The lowest BCUT2D eigenvalue weighted by Gasteiger charge is -2.17. The van der Waals surface area contributed by atoms with Crippen molar-refractivity contribution in [1.29, 1.82) is 0 Å². The van der Waals surface area contributed by atoms with Crippen LogP contribution in [-0.2, 0) is 16.1 Å². The van der Waals surface area contributed by atoms with E-state index in [1.165, 1.54) is 5.56 Å². The molecule has 1 aromatic carbocycles. The first-order valence-corrected chi connectivity index (χ1v) is 9.00. The Morgan fingerprint density at radius 2 is 2.08 bits per heavy atom. The predicted octanol–water partition coefficient (Wildman–Crippen LogP) is 2.43. The molecule has 3 rings (SSSR count). The highest BCUT2D eigenvalue weighted by Gasteiger charge is 2.39. The summed E-state index contributed by atoms with van der Waals surface area (Å²) in [6, 6.07) is 8.11. The molecule has 1 fully saturated rings. The molecule has 26 heavy (non-hydrogen) atoms. The van der Waals surface area contributed by atoms with Gasteiger partial charge in [0, 0.05) is 45.3 Å². The van der Waals surface area contributed by atoms with Crippen molar-refractivity contribution in [2.24, 2.45) is 16.1 Å². The van der Waals surface area contributed by atoms with E-state index in [4.69, 9.17) is 6.42 Å². The van der Waals surface area contributed by atoms with Crippen molar-refractivity contribution in [1.82, 2.24) is 10.2 Å². The van der Waals surface area contributed by atoms with Crippen LogP contribution in [0.3, 0.4) is 0 Å². The number of amides is 2. The minimum atomic E-state index is -0.386. The van der Waals surface area contributed by atoms with Crippen molar-refractivity contribution in [3.05, 3.63) is 35.4 Å². The summed E-state index contributed by atoms with van der Waals surface area (Å²) < 4.78 is 0. The maximum atomic E-state index is 12.4. The summed E-state index contributed by atoms with van der Waals surface area (Å²) in [4.78, 5) is 26.3. The molecule has 1 unspecified atom stereocenters. The summed E-state index contributed by atoms with van der Waals surface area (Å²) in [7, 11) is 0. The van der Waals surface area contributed by atoms with E-state index in [2.05, 4.69) is 21.5 Å². The molecule has 2 aliphatic heterocycles. The van der Waals surface area contributed by atoms with Gasteiger partial charge in [-0.15, -0.1) is 12.3 Å². The lowest BCUT2D eigenvalue weighted by atomic mass is 10.0. The summed E-state index contributed by atoms with van der Waals surface area (Å²) in [5.41, 5.74) is 1.88. The molecule has 2 amide bonds. The van der Waals surface area contributed by atoms with Gasteiger partial charge in [0.25, 0.3) is 0 Å². The molecule has 0 spiro atoms. The smallest absolute Gasteiger partial charge is 0.225 e. The van der Waals surface area contributed by atoms with Gasteiger partial charge < -0.3 is 10.2 Å². The minimum Gasteiger partial charge on any atom is -0.356 e. The third kappa shape index (κ3) is 4.48. The molecule has 0 bridgehead atoms. The molecular weight excluding hydrogens is 328 g/mol. The Morgan fingerprint density at radius 1 is 1.35 bits per heavy atom. The second-order valence-corrected chi connectivity index (χ2v) is 7.09. The van der Waals surface area contributed by atoms with Gasteiger partial charge in [0.2, 0.25) is 11.8 Å². The minimum absolute atomic E-state index is 0.0309. The van der Waals surface area contributed by atoms with Crippen molar-refractivity contribution >= 4 is 11.8 Å². The number of rotatable bonds is 8. The van der Waals surface area contributed by atoms with Crippen LogP contribution >= 0.6 is 0 Å².